The maximum atomic E-state index is 12.3. The molecule has 1 aliphatic heterocycles. The molecule has 1 saturated carbocycles. The second-order valence-electron chi connectivity index (χ2n) is 7.18. The molecule has 5 heteroatoms. The monoisotopic (exact) mass is 347 g/mol. The van der Waals surface area contributed by atoms with Gasteiger partial charge in [0.05, 0.1) is 25.7 Å². The van der Waals surface area contributed by atoms with E-state index in [1.54, 1.807) is 0 Å². The van der Waals surface area contributed by atoms with Gasteiger partial charge in [-0.1, -0.05) is 18.6 Å². The molecule has 0 spiro atoms. The summed E-state index contributed by atoms with van der Waals surface area (Å²) in [7, 11) is 0. The van der Waals surface area contributed by atoms with Gasteiger partial charge in [0.15, 0.2) is 6.29 Å². The van der Waals surface area contributed by atoms with Crippen molar-refractivity contribution in [1.29, 1.82) is 0 Å². The molecule has 1 amide bonds. The van der Waals surface area contributed by atoms with Crippen LogP contribution in [-0.4, -0.2) is 37.6 Å². The fourth-order valence-corrected chi connectivity index (χ4v) is 3.67. The molecule has 25 heavy (non-hydrogen) atoms. The first-order chi connectivity index (χ1) is 12.1. The zero-order chi connectivity index (χ0) is 17.6. The molecule has 1 aliphatic carbocycles. The second kappa shape index (κ2) is 8.68. The van der Waals surface area contributed by atoms with Crippen LogP contribution in [0.15, 0.2) is 24.3 Å². The molecule has 138 valence electrons. The van der Waals surface area contributed by atoms with Crippen LogP contribution in [0.1, 0.15) is 57.4 Å². The van der Waals surface area contributed by atoms with Crippen molar-refractivity contribution >= 4 is 5.91 Å². The quantitative estimate of drug-likeness (QED) is 0.857. The van der Waals surface area contributed by atoms with E-state index >= 15 is 0 Å². The lowest BCUT2D eigenvalue weighted by Crippen LogP contribution is -2.39. The first kappa shape index (κ1) is 18.2. The Morgan fingerprint density at radius 1 is 1.16 bits per heavy atom. The van der Waals surface area contributed by atoms with Gasteiger partial charge in [0.1, 0.15) is 5.75 Å². The van der Waals surface area contributed by atoms with Crippen molar-refractivity contribution in [3.63, 3.8) is 0 Å². The molecule has 1 aromatic carbocycles. The average Bonchev–Trinajstić information content (AvgIpc) is 3.04. The third kappa shape index (κ3) is 5.19. The number of rotatable bonds is 6. The van der Waals surface area contributed by atoms with Gasteiger partial charge in [0.25, 0.3) is 0 Å². The minimum Gasteiger partial charge on any atom is -0.491 e. The Morgan fingerprint density at radius 2 is 1.88 bits per heavy atom. The van der Waals surface area contributed by atoms with Gasteiger partial charge in [-0.2, -0.15) is 0 Å². The lowest BCUT2D eigenvalue weighted by Gasteiger charge is -2.25. The number of carbonyl (C=O) groups excluding carboxylic acids is 1. The van der Waals surface area contributed by atoms with E-state index < -0.39 is 0 Å². The molecule has 2 aliphatic rings. The summed E-state index contributed by atoms with van der Waals surface area (Å²) in [4.78, 5) is 12.3. The molecule has 1 heterocycles. The molecular weight excluding hydrogens is 318 g/mol. The number of ether oxygens (including phenoxy) is 3. The van der Waals surface area contributed by atoms with Crippen LogP contribution in [0, 0.1) is 0 Å². The number of carbonyl (C=O) groups is 1. The van der Waals surface area contributed by atoms with E-state index in [1.807, 2.05) is 26.0 Å². The highest BCUT2D eigenvalue weighted by Crippen LogP contribution is 2.35. The molecule has 1 aromatic rings. The summed E-state index contributed by atoms with van der Waals surface area (Å²) in [5, 5.41) is 3.19. The molecule has 3 rings (SSSR count). The maximum Gasteiger partial charge on any atom is 0.225 e. The van der Waals surface area contributed by atoms with Gasteiger partial charge in [-0.15, -0.1) is 0 Å². The zero-order valence-corrected chi connectivity index (χ0v) is 15.2. The highest BCUT2D eigenvalue weighted by atomic mass is 16.7. The van der Waals surface area contributed by atoms with E-state index in [0.717, 1.165) is 31.4 Å². The topological polar surface area (TPSA) is 56.8 Å². The molecule has 5 nitrogen and oxygen atoms in total. The van der Waals surface area contributed by atoms with Crippen molar-refractivity contribution in [3.8, 4) is 5.75 Å². The number of hydrogen-bond acceptors (Lipinski definition) is 4. The van der Waals surface area contributed by atoms with Gasteiger partial charge in [0.2, 0.25) is 5.91 Å². The molecule has 0 bridgehead atoms. The van der Waals surface area contributed by atoms with Crippen LogP contribution in [0.25, 0.3) is 0 Å². The Labute approximate surface area is 150 Å². The summed E-state index contributed by atoms with van der Waals surface area (Å²) in [6.07, 6.45) is 4.23. The summed E-state index contributed by atoms with van der Waals surface area (Å²) < 4.78 is 16.7. The lowest BCUT2D eigenvalue weighted by atomic mass is 9.94. The molecule has 0 radical (unpaired) electrons. The fraction of sp³-hybridized carbons (Fsp3) is 0.650. The standard InChI is InChI=1S/C20H29NO4/c1-14(2)25-16-9-7-15(8-10-16)17-5-3-6-18(17)21-19(22)13-20-23-11-4-12-24-20/h7-10,14,17-18,20H,3-6,11-13H2,1-2H3,(H,21,22). The largest absolute Gasteiger partial charge is 0.491 e. The minimum atomic E-state index is -0.388. The van der Waals surface area contributed by atoms with E-state index in [4.69, 9.17) is 14.2 Å². The van der Waals surface area contributed by atoms with Crippen LogP contribution in [0.5, 0.6) is 5.75 Å². The van der Waals surface area contributed by atoms with E-state index in [9.17, 15) is 4.79 Å². The smallest absolute Gasteiger partial charge is 0.225 e. The lowest BCUT2D eigenvalue weighted by molar-refractivity contribution is -0.184. The Bertz CT molecular complexity index is 551. The number of nitrogens with one attached hydrogen (secondary N) is 1. The van der Waals surface area contributed by atoms with Crippen LogP contribution in [0.2, 0.25) is 0 Å². The molecule has 1 saturated heterocycles. The Hall–Kier alpha value is -1.59. The summed E-state index contributed by atoms with van der Waals surface area (Å²) in [5.41, 5.74) is 1.27. The van der Waals surface area contributed by atoms with Crippen molar-refractivity contribution in [2.75, 3.05) is 13.2 Å². The van der Waals surface area contributed by atoms with Crippen LogP contribution < -0.4 is 10.1 Å². The molecule has 2 unspecified atom stereocenters. The third-order valence-corrected chi connectivity index (χ3v) is 4.79. The van der Waals surface area contributed by atoms with Crippen LogP contribution in [0.4, 0.5) is 0 Å². The Kier molecular flexibility index (Phi) is 6.32. The first-order valence-corrected chi connectivity index (χ1v) is 9.41. The SMILES string of the molecule is CC(C)Oc1ccc(C2CCCC2NC(=O)CC2OCCCO2)cc1. The normalized spacial score (nSPS) is 24.4. The Morgan fingerprint density at radius 3 is 2.56 bits per heavy atom. The van der Waals surface area contributed by atoms with Gasteiger partial charge < -0.3 is 19.5 Å². The number of hydrogen-bond donors (Lipinski definition) is 1. The van der Waals surface area contributed by atoms with Crippen molar-refractivity contribution in [1.82, 2.24) is 5.32 Å². The molecule has 1 N–H and O–H groups in total. The summed E-state index contributed by atoms with van der Waals surface area (Å²) in [6.45, 7) is 5.40. The van der Waals surface area contributed by atoms with Crippen molar-refractivity contribution < 1.29 is 19.0 Å². The van der Waals surface area contributed by atoms with Crippen molar-refractivity contribution in [2.24, 2.45) is 0 Å². The predicted octanol–water partition coefficient (Wildman–Crippen LogP) is 3.38. The van der Waals surface area contributed by atoms with Gasteiger partial charge >= 0.3 is 0 Å². The van der Waals surface area contributed by atoms with Gasteiger partial charge in [-0.05, 0) is 50.8 Å². The third-order valence-electron chi connectivity index (χ3n) is 4.79. The van der Waals surface area contributed by atoms with Gasteiger partial charge in [0, 0.05) is 12.0 Å². The Balaban J connectivity index is 1.55. The highest BCUT2D eigenvalue weighted by molar-refractivity contribution is 5.76. The predicted molar refractivity (Wildman–Crippen MR) is 95.7 cm³/mol. The van der Waals surface area contributed by atoms with Crippen LogP contribution in [0.3, 0.4) is 0 Å². The first-order valence-electron chi connectivity index (χ1n) is 9.41. The van der Waals surface area contributed by atoms with E-state index in [2.05, 4.69) is 17.4 Å². The summed E-state index contributed by atoms with van der Waals surface area (Å²) >= 11 is 0. The van der Waals surface area contributed by atoms with E-state index in [1.165, 1.54) is 5.56 Å². The zero-order valence-electron chi connectivity index (χ0n) is 15.2. The van der Waals surface area contributed by atoms with Crippen LogP contribution >= 0.6 is 0 Å². The van der Waals surface area contributed by atoms with Crippen molar-refractivity contribution in [3.05, 3.63) is 29.8 Å². The highest BCUT2D eigenvalue weighted by Gasteiger charge is 2.30. The number of benzene rings is 1. The molecule has 2 atom stereocenters. The molecule has 0 aromatic heterocycles. The van der Waals surface area contributed by atoms with Gasteiger partial charge in [-0.3, -0.25) is 4.79 Å². The summed E-state index contributed by atoms with van der Waals surface area (Å²) in [5.74, 6) is 1.28. The van der Waals surface area contributed by atoms with Crippen LogP contribution in [-0.2, 0) is 14.3 Å². The minimum absolute atomic E-state index is 0.0172. The fourth-order valence-electron chi connectivity index (χ4n) is 3.67. The second-order valence-corrected chi connectivity index (χ2v) is 7.18. The maximum absolute atomic E-state index is 12.3. The molecule has 2 fully saturated rings. The van der Waals surface area contributed by atoms with Gasteiger partial charge in [-0.25, -0.2) is 0 Å². The van der Waals surface area contributed by atoms with E-state index in [-0.39, 0.29) is 30.8 Å². The van der Waals surface area contributed by atoms with E-state index in [0.29, 0.717) is 19.1 Å². The molecular formula is C20H29NO4. The average molecular weight is 347 g/mol. The summed E-state index contributed by atoms with van der Waals surface area (Å²) in [6, 6.07) is 8.49. The number of amides is 1. The van der Waals surface area contributed by atoms with Crippen molar-refractivity contribution in [2.45, 2.75) is 70.3 Å².